The third-order valence-electron chi connectivity index (χ3n) is 3.20. The maximum Gasteiger partial charge on any atom is 0.0638 e. The van der Waals surface area contributed by atoms with Crippen LogP contribution in [0.1, 0.15) is 45.4 Å². The number of aliphatic hydroxyl groups excluding tert-OH is 1. The van der Waals surface area contributed by atoms with Crippen molar-refractivity contribution in [2.24, 2.45) is 0 Å². The number of nitriles is 1. The molecule has 0 radical (unpaired) electrons. The summed E-state index contributed by atoms with van der Waals surface area (Å²) in [5.41, 5.74) is -0.0858. The monoisotopic (exact) mass is 196 g/mol. The number of aliphatic hydroxyl groups is 1. The second-order valence-electron chi connectivity index (χ2n) is 4.26. The maximum absolute atomic E-state index is 9.38. The summed E-state index contributed by atoms with van der Waals surface area (Å²) in [6.45, 7) is 2.28. The number of hydrogen-bond donors (Lipinski definition) is 2. The van der Waals surface area contributed by atoms with Crippen LogP contribution in [-0.2, 0) is 0 Å². The van der Waals surface area contributed by atoms with Crippen molar-refractivity contribution in [2.45, 2.75) is 57.0 Å². The van der Waals surface area contributed by atoms with E-state index in [-0.39, 0.29) is 18.2 Å². The first-order valence-corrected chi connectivity index (χ1v) is 5.52. The Morgan fingerprint density at radius 2 is 2.14 bits per heavy atom. The smallest absolute Gasteiger partial charge is 0.0638 e. The van der Waals surface area contributed by atoms with E-state index in [1.54, 1.807) is 0 Å². The number of nitrogens with zero attached hydrogens (tertiary/aromatic N) is 1. The van der Waals surface area contributed by atoms with Crippen LogP contribution in [0.2, 0.25) is 0 Å². The lowest BCUT2D eigenvalue weighted by molar-refractivity contribution is 0.150. The van der Waals surface area contributed by atoms with Crippen LogP contribution in [0, 0.1) is 11.3 Å². The van der Waals surface area contributed by atoms with Gasteiger partial charge in [-0.05, 0) is 19.3 Å². The molecular weight excluding hydrogens is 176 g/mol. The third-order valence-corrected chi connectivity index (χ3v) is 3.20. The Hall–Kier alpha value is -0.590. The zero-order chi connectivity index (χ0) is 10.4. The van der Waals surface area contributed by atoms with Crippen LogP contribution in [0.5, 0.6) is 0 Å². The zero-order valence-electron chi connectivity index (χ0n) is 8.92. The molecule has 0 aromatic carbocycles. The van der Waals surface area contributed by atoms with Gasteiger partial charge in [-0.25, -0.2) is 0 Å². The first-order valence-electron chi connectivity index (χ1n) is 5.52. The molecule has 0 aromatic rings. The van der Waals surface area contributed by atoms with Crippen molar-refractivity contribution < 1.29 is 5.11 Å². The van der Waals surface area contributed by atoms with E-state index in [0.29, 0.717) is 6.42 Å². The van der Waals surface area contributed by atoms with Gasteiger partial charge in [0.25, 0.3) is 0 Å². The predicted octanol–water partition coefficient (Wildman–Crippen LogP) is 1.57. The van der Waals surface area contributed by atoms with Gasteiger partial charge in [-0.3, -0.25) is 0 Å². The molecule has 14 heavy (non-hydrogen) atoms. The molecule has 0 aromatic heterocycles. The van der Waals surface area contributed by atoms with Gasteiger partial charge in [-0.2, -0.15) is 5.26 Å². The fraction of sp³-hybridized carbons (Fsp3) is 0.909. The fourth-order valence-corrected chi connectivity index (χ4v) is 2.24. The Balaban J connectivity index is 2.50. The molecule has 1 fully saturated rings. The van der Waals surface area contributed by atoms with Crippen LogP contribution in [0.25, 0.3) is 0 Å². The molecule has 2 N–H and O–H groups in total. The van der Waals surface area contributed by atoms with Crippen molar-refractivity contribution in [3.05, 3.63) is 0 Å². The van der Waals surface area contributed by atoms with Crippen molar-refractivity contribution in [1.82, 2.24) is 5.32 Å². The molecule has 0 saturated heterocycles. The summed E-state index contributed by atoms with van der Waals surface area (Å²) < 4.78 is 0. The van der Waals surface area contributed by atoms with E-state index in [2.05, 4.69) is 18.3 Å². The van der Waals surface area contributed by atoms with Gasteiger partial charge in [0.15, 0.2) is 0 Å². The van der Waals surface area contributed by atoms with Gasteiger partial charge in [0.1, 0.15) is 0 Å². The van der Waals surface area contributed by atoms with Gasteiger partial charge in [0.2, 0.25) is 0 Å². The van der Waals surface area contributed by atoms with Gasteiger partial charge >= 0.3 is 0 Å². The Bertz CT molecular complexity index is 204. The van der Waals surface area contributed by atoms with Crippen molar-refractivity contribution in [3.8, 4) is 6.07 Å². The van der Waals surface area contributed by atoms with E-state index in [9.17, 15) is 5.11 Å². The predicted molar refractivity (Wildman–Crippen MR) is 55.7 cm³/mol. The fourth-order valence-electron chi connectivity index (χ4n) is 2.24. The molecule has 1 aliphatic rings. The third kappa shape index (κ3) is 2.70. The highest BCUT2D eigenvalue weighted by Gasteiger charge is 2.34. The molecule has 80 valence electrons. The highest BCUT2D eigenvalue weighted by atomic mass is 16.3. The van der Waals surface area contributed by atoms with Crippen LogP contribution < -0.4 is 5.32 Å². The summed E-state index contributed by atoms with van der Waals surface area (Å²) >= 11 is 0. The molecule has 0 bridgehead atoms. The highest BCUT2D eigenvalue weighted by Crippen LogP contribution is 2.30. The van der Waals surface area contributed by atoms with Crippen LogP contribution in [0.3, 0.4) is 0 Å². The second-order valence-corrected chi connectivity index (χ2v) is 4.26. The first kappa shape index (κ1) is 11.5. The molecule has 0 heterocycles. The van der Waals surface area contributed by atoms with Gasteiger partial charge in [-0.15, -0.1) is 0 Å². The average Bonchev–Trinajstić information content (AvgIpc) is 2.66. The van der Waals surface area contributed by atoms with E-state index in [0.717, 1.165) is 19.3 Å². The maximum atomic E-state index is 9.38. The number of hydrogen-bond acceptors (Lipinski definition) is 3. The average molecular weight is 196 g/mol. The molecule has 0 aliphatic heterocycles. The van der Waals surface area contributed by atoms with Gasteiger partial charge in [-0.1, -0.05) is 19.8 Å². The standard InChI is InChI=1S/C11H20N2O/c1-2-10(5-8-12)13-11(9-14)6-3-4-7-11/h10,13-14H,2-7,9H2,1H3. The molecular formula is C11H20N2O. The highest BCUT2D eigenvalue weighted by molar-refractivity contribution is 4.95. The summed E-state index contributed by atoms with van der Waals surface area (Å²) in [5, 5.41) is 21.5. The summed E-state index contributed by atoms with van der Waals surface area (Å²) in [7, 11) is 0. The SMILES string of the molecule is CCC(CC#N)NC1(CO)CCCC1. The van der Waals surface area contributed by atoms with Crippen LogP contribution >= 0.6 is 0 Å². The molecule has 3 nitrogen and oxygen atoms in total. The molecule has 0 spiro atoms. The minimum atomic E-state index is -0.0858. The first-order chi connectivity index (χ1) is 6.76. The van der Waals surface area contributed by atoms with Gasteiger partial charge in [0.05, 0.1) is 19.1 Å². The zero-order valence-corrected chi connectivity index (χ0v) is 8.92. The summed E-state index contributed by atoms with van der Waals surface area (Å²) in [4.78, 5) is 0. The molecule has 1 saturated carbocycles. The minimum Gasteiger partial charge on any atom is -0.394 e. The Kier molecular flexibility index (Phi) is 4.37. The summed E-state index contributed by atoms with van der Waals surface area (Å²) in [5.74, 6) is 0. The minimum absolute atomic E-state index is 0.0858. The second kappa shape index (κ2) is 5.33. The van der Waals surface area contributed by atoms with Crippen LogP contribution in [-0.4, -0.2) is 23.3 Å². The Morgan fingerprint density at radius 3 is 2.57 bits per heavy atom. The normalized spacial score (nSPS) is 21.8. The topological polar surface area (TPSA) is 56.0 Å². The van der Waals surface area contributed by atoms with Crippen molar-refractivity contribution in [2.75, 3.05) is 6.61 Å². The molecule has 1 atom stereocenters. The summed E-state index contributed by atoms with van der Waals surface area (Å²) in [6.07, 6.45) is 5.97. The lowest BCUT2D eigenvalue weighted by Crippen LogP contribution is -2.50. The largest absolute Gasteiger partial charge is 0.394 e. The molecule has 1 unspecified atom stereocenters. The van der Waals surface area contributed by atoms with Crippen LogP contribution in [0.4, 0.5) is 0 Å². The number of rotatable bonds is 5. The molecule has 1 aliphatic carbocycles. The molecule has 1 rings (SSSR count). The van der Waals surface area contributed by atoms with E-state index in [4.69, 9.17) is 5.26 Å². The van der Waals surface area contributed by atoms with Crippen molar-refractivity contribution >= 4 is 0 Å². The van der Waals surface area contributed by atoms with Gasteiger partial charge < -0.3 is 10.4 Å². The Morgan fingerprint density at radius 1 is 1.50 bits per heavy atom. The number of nitrogens with one attached hydrogen (secondary N) is 1. The molecule has 0 amide bonds. The van der Waals surface area contributed by atoms with Crippen molar-refractivity contribution in [3.63, 3.8) is 0 Å². The van der Waals surface area contributed by atoms with Gasteiger partial charge in [0, 0.05) is 11.6 Å². The van der Waals surface area contributed by atoms with E-state index < -0.39 is 0 Å². The Labute approximate surface area is 86.1 Å². The van der Waals surface area contributed by atoms with Crippen LogP contribution in [0.15, 0.2) is 0 Å². The molecule has 3 heteroatoms. The van der Waals surface area contributed by atoms with E-state index in [1.165, 1.54) is 12.8 Å². The van der Waals surface area contributed by atoms with E-state index >= 15 is 0 Å². The lowest BCUT2D eigenvalue weighted by atomic mass is 9.96. The quantitative estimate of drug-likeness (QED) is 0.701. The van der Waals surface area contributed by atoms with Crippen molar-refractivity contribution in [1.29, 1.82) is 5.26 Å². The lowest BCUT2D eigenvalue weighted by Gasteiger charge is -2.32. The van der Waals surface area contributed by atoms with E-state index in [1.807, 2.05) is 0 Å². The summed E-state index contributed by atoms with van der Waals surface area (Å²) in [6, 6.07) is 2.43.